The van der Waals surface area contributed by atoms with Gasteiger partial charge >= 0.3 is 0 Å². The summed E-state index contributed by atoms with van der Waals surface area (Å²) in [6, 6.07) is 9.21. The summed E-state index contributed by atoms with van der Waals surface area (Å²) in [4.78, 5) is 0. The Kier molecular flexibility index (Phi) is 3.90. The molecule has 1 N–H and O–H groups in total. The van der Waals surface area contributed by atoms with Crippen LogP contribution in [-0.4, -0.2) is 19.7 Å². The number of hydrogen-bond acceptors (Lipinski definition) is 2. The molecule has 0 spiro atoms. The van der Waals surface area contributed by atoms with E-state index in [2.05, 4.69) is 36.5 Å². The molecule has 1 unspecified atom stereocenters. The van der Waals surface area contributed by atoms with Gasteiger partial charge in [0.05, 0.1) is 6.61 Å². The van der Waals surface area contributed by atoms with Crippen molar-refractivity contribution < 1.29 is 4.74 Å². The molecule has 2 heteroatoms. The molecular formula is C17H25NO. The summed E-state index contributed by atoms with van der Waals surface area (Å²) in [5, 5.41) is 3.43. The predicted octanol–water partition coefficient (Wildman–Crippen LogP) is 3.57. The lowest BCUT2D eigenvalue weighted by molar-refractivity contribution is -0.0572. The van der Waals surface area contributed by atoms with Crippen molar-refractivity contribution in [3.05, 3.63) is 35.4 Å². The summed E-state index contributed by atoms with van der Waals surface area (Å²) in [5.41, 5.74) is 2.68. The molecule has 1 atom stereocenters. The third kappa shape index (κ3) is 2.85. The molecule has 0 aromatic heterocycles. The van der Waals surface area contributed by atoms with E-state index in [4.69, 9.17) is 4.74 Å². The maximum Gasteiger partial charge on any atom is 0.103 e. The molecule has 2 aliphatic rings. The number of morpholine rings is 1. The van der Waals surface area contributed by atoms with Gasteiger partial charge in [-0.2, -0.15) is 0 Å². The molecule has 1 aliphatic carbocycles. The van der Waals surface area contributed by atoms with Crippen LogP contribution in [0.2, 0.25) is 0 Å². The Bertz CT molecular complexity index is 400. The van der Waals surface area contributed by atoms with Crippen molar-refractivity contribution >= 4 is 0 Å². The summed E-state index contributed by atoms with van der Waals surface area (Å²) in [6.45, 7) is 4.88. The lowest BCUT2D eigenvalue weighted by Gasteiger charge is -2.35. The van der Waals surface area contributed by atoms with Crippen molar-refractivity contribution in [3.63, 3.8) is 0 Å². The van der Waals surface area contributed by atoms with Gasteiger partial charge < -0.3 is 10.1 Å². The molecule has 3 rings (SSSR count). The first-order chi connectivity index (χ1) is 9.28. The number of ether oxygens (including phenoxy) is 1. The Hall–Kier alpha value is -0.860. The number of hydrogen-bond donors (Lipinski definition) is 1. The fraction of sp³-hybridized carbons (Fsp3) is 0.647. The minimum Gasteiger partial charge on any atom is -0.368 e. The van der Waals surface area contributed by atoms with Crippen LogP contribution in [0.1, 0.15) is 56.1 Å². The highest BCUT2D eigenvalue weighted by Crippen LogP contribution is 2.34. The second-order valence-corrected chi connectivity index (χ2v) is 6.21. The molecule has 0 radical (unpaired) electrons. The summed E-state index contributed by atoms with van der Waals surface area (Å²) in [5.74, 6) is 0.793. The van der Waals surface area contributed by atoms with Crippen molar-refractivity contribution in [2.75, 3.05) is 19.7 Å². The zero-order valence-corrected chi connectivity index (χ0v) is 12.0. The second kappa shape index (κ2) is 5.64. The van der Waals surface area contributed by atoms with Gasteiger partial charge in [0.25, 0.3) is 0 Å². The first-order valence-electron chi connectivity index (χ1n) is 7.73. The zero-order chi connectivity index (χ0) is 13.1. The standard InChI is InChI=1S/C17H25NO/c1-17(13-18-11-12-19-17)16-9-7-15(8-10-16)14-5-3-2-4-6-14/h7-10,14,18H,2-6,11-13H2,1H3. The van der Waals surface area contributed by atoms with Crippen LogP contribution in [0.4, 0.5) is 0 Å². The zero-order valence-electron chi connectivity index (χ0n) is 12.0. The van der Waals surface area contributed by atoms with Crippen molar-refractivity contribution in [2.24, 2.45) is 0 Å². The Morgan fingerprint density at radius 1 is 1.11 bits per heavy atom. The highest BCUT2D eigenvalue weighted by molar-refractivity contribution is 5.30. The van der Waals surface area contributed by atoms with Gasteiger partial charge in [-0.15, -0.1) is 0 Å². The lowest BCUT2D eigenvalue weighted by atomic mass is 9.83. The van der Waals surface area contributed by atoms with E-state index in [1.54, 1.807) is 0 Å². The minimum absolute atomic E-state index is 0.149. The van der Waals surface area contributed by atoms with Crippen molar-refractivity contribution in [1.29, 1.82) is 0 Å². The molecule has 19 heavy (non-hydrogen) atoms. The Morgan fingerprint density at radius 2 is 1.84 bits per heavy atom. The second-order valence-electron chi connectivity index (χ2n) is 6.21. The van der Waals surface area contributed by atoms with Gasteiger partial charge in [0.15, 0.2) is 0 Å². The van der Waals surface area contributed by atoms with E-state index in [0.717, 1.165) is 25.6 Å². The van der Waals surface area contributed by atoms with Crippen molar-refractivity contribution in [3.8, 4) is 0 Å². The Labute approximate surface area is 116 Å². The number of rotatable bonds is 2. The maximum absolute atomic E-state index is 5.97. The van der Waals surface area contributed by atoms with E-state index in [0.29, 0.717) is 0 Å². The molecule has 1 saturated carbocycles. The highest BCUT2D eigenvalue weighted by atomic mass is 16.5. The molecule has 1 saturated heterocycles. The quantitative estimate of drug-likeness (QED) is 0.876. The van der Waals surface area contributed by atoms with E-state index < -0.39 is 0 Å². The number of benzene rings is 1. The monoisotopic (exact) mass is 259 g/mol. The van der Waals surface area contributed by atoms with E-state index in [1.807, 2.05) is 0 Å². The Morgan fingerprint density at radius 3 is 2.47 bits per heavy atom. The van der Waals surface area contributed by atoms with E-state index in [9.17, 15) is 0 Å². The van der Waals surface area contributed by atoms with Crippen LogP contribution in [0.15, 0.2) is 24.3 Å². The first-order valence-corrected chi connectivity index (χ1v) is 7.73. The van der Waals surface area contributed by atoms with Crippen LogP contribution in [0.25, 0.3) is 0 Å². The van der Waals surface area contributed by atoms with Crippen LogP contribution in [0.5, 0.6) is 0 Å². The van der Waals surface area contributed by atoms with Crippen LogP contribution < -0.4 is 5.32 Å². The lowest BCUT2D eigenvalue weighted by Crippen LogP contribution is -2.45. The fourth-order valence-corrected chi connectivity index (χ4v) is 3.46. The van der Waals surface area contributed by atoms with E-state index >= 15 is 0 Å². The van der Waals surface area contributed by atoms with E-state index in [-0.39, 0.29) is 5.60 Å². The SMILES string of the molecule is CC1(c2ccc(C3CCCCC3)cc2)CNCCO1. The van der Waals surface area contributed by atoms with Crippen LogP contribution in [0.3, 0.4) is 0 Å². The highest BCUT2D eigenvalue weighted by Gasteiger charge is 2.29. The molecule has 0 bridgehead atoms. The summed E-state index contributed by atoms with van der Waals surface area (Å²) >= 11 is 0. The third-order valence-electron chi connectivity index (χ3n) is 4.76. The summed E-state index contributed by atoms with van der Waals surface area (Å²) < 4.78 is 5.97. The molecule has 0 amide bonds. The van der Waals surface area contributed by atoms with Crippen molar-refractivity contribution in [2.45, 2.75) is 50.5 Å². The van der Waals surface area contributed by atoms with Gasteiger partial charge in [0.1, 0.15) is 5.60 Å². The largest absolute Gasteiger partial charge is 0.368 e. The molecule has 1 aliphatic heterocycles. The van der Waals surface area contributed by atoms with Gasteiger partial charge in [0, 0.05) is 13.1 Å². The molecule has 1 heterocycles. The van der Waals surface area contributed by atoms with Gasteiger partial charge in [-0.05, 0) is 36.8 Å². The molecule has 1 aromatic rings. The minimum atomic E-state index is -0.149. The van der Waals surface area contributed by atoms with E-state index in [1.165, 1.54) is 43.2 Å². The van der Waals surface area contributed by atoms with Gasteiger partial charge in [-0.25, -0.2) is 0 Å². The van der Waals surface area contributed by atoms with Gasteiger partial charge in [-0.3, -0.25) is 0 Å². The maximum atomic E-state index is 5.97. The van der Waals surface area contributed by atoms with Gasteiger partial charge in [-0.1, -0.05) is 43.5 Å². The number of nitrogens with one attached hydrogen (secondary N) is 1. The molecule has 1 aromatic carbocycles. The fourth-order valence-electron chi connectivity index (χ4n) is 3.46. The average Bonchev–Trinajstić information content (AvgIpc) is 2.49. The van der Waals surface area contributed by atoms with Crippen molar-refractivity contribution in [1.82, 2.24) is 5.32 Å². The smallest absolute Gasteiger partial charge is 0.103 e. The average molecular weight is 259 g/mol. The summed E-state index contributed by atoms with van der Waals surface area (Å²) in [6.07, 6.45) is 6.96. The normalized spacial score (nSPS) is 29.3. The first kappa shape index (κ1) is 13.1. The third-order valence-corrected chi connectivity index (χ3v) is 4.76. The predicted molar refractivity (Wildman–Crippen MR) is 78.4 cm³/mol. The summed E-state index contributed by atoms with van der Waals surface area (Å²) in [7, 11) is 0. The van der Waals surface area contributed by atoms with Crippen LogP contribution >= 0.6 is 0 Å². The molecular weight excluding hydrogens is 234 g/mol. The Balaban J connectivity index is 1.74. The molecule has 2 nitrogen and oxygen atoms in total. The topological polar surface area (TPSA) is 21.3 Å². The van der Waals surface area contributed by atoms with Gasteiger partial charge in [0.2, 0.25) is 0 Å². The van der Waals surface area contributed by atoms with Crippen LogP contribution in [-0.2, 0) is 10.3 Å². The molecule has 2 fully saturated rings. The van der Waals surface area contributed by atoms with Crippen LogP contribution in [0, 0.1) is 0 Å². The molecule has 104 valence electrons.